The van der Waals surface area contributed by atoms with Crippen molar-refractivity contribution >= 4 is 22.6 Å². The molecule has 4 N–H and O–H groups in total. The van der Waals surface area contributed by atoms with Crippen LogP contribution < -0.4 is 0 Å². The van der Waals surface area contributed by atoms with Crippen LogP contribution in [0.2, 0.25) is 0 Å². The zero-order valence-corrected chi connectivity index (χ0v) is 13.0. The number of hydrogen-bond donors (Lipinski definition) is 4. The molecule has 1 heterocycles. The number of ether oxygens (including phenoxy) is 1. The minimum atomic E-state index is -1.62. The van der Waals surface area contributed by atoms with Gasteiger partial charge in [0.25, 0.3) is 5.24 Å². The summed E-state index contributed by atoms with van der Waals surface area (Å²) >= 11 is 5.54. The molecule has 7 nitrogen and oxygen atoms in total. The predicted octanol–water partition coefficient (Wildman–Crippen LogP) is -0.217. The second-order valence-electron chi connectivity index (χ2n) is 5.35. The number of carbonyl (C=O) groups excluding carboxylic acids is 2. The van der Waals surface area contributed by atoms with Crippen molar-refractivity contribution < 1.29 is 34.8 Å². The highest BCUT2D eigenvalue weighted by Crippen LogP contribution is 2.36. The third kappa shape index (κ3) is 3.30. The lowest BCUT2D eigenvalue weighted by molar-refractivity contribution is -0.231. The first kappa shape index (κ1) is 18.0. The average molecular weight is 345 g/mol. The van der Waals surface area contributed by atoms with Crippen LogP contribution >= 0.6 is 11.6 Å². The van der Waals surface area contributed by atoms with E-state index in [0.717, 1.165) is 0 Å². The lowest BCUT2D eigenvalue weighted by Gasteiger charge is -2.41. The van der Waals surface area contributed by atoms with Crippen LogP contribution in [0, 0.1) is 0 Å². The normalized spacial score (nSPS) is 31.0. The molecule has 1 unspecified atom stereocenters. The maximum Gasteiger partial charge on any atom is 0.252 e. The van der Waals surface area contributed by atoms with E-state index in [-0.39, 0.29) is 16.7 Å². The standard InChI is InChI=1S/C15H17ClO7/c1-6(18)7-3-2-4-8(15(16)22)10(7)14-13(21)12(20)11(19)9(5-17)23-14/h2-4,9,11-14,17,19-21H,5H2,1H3/t9-,11-,12+,13-,14?/m1/s1. The molecule has 1 aromatic carbocycles. The van der Waals surface area contributed by atoms with Crippen LogP contribution in [-0.4, -0.2) is 62.5 Å². The molecule has 1 saturated heterocycles. The van der Waals surface area contributed by atoms with Crippen LogP contribution in [-0.2, 0) is 4.74 Å². The summed E-state index contributed by atoms with van der Waals surface area (Å²) in [6.45, 7) is 0.652. The zero-order chi connectivity index (χ0) is 17.3. The van der Waals surface area contributed by atoms with Gasteiger partial charge in [-0.15, -0.1) is 0 Å². The molecule has 0 amide bonds. The monoisotopic (exact) mass is 344 g/mol. The number of halogens is 1. The lowest BCUT2D eigenvalue weighted by atomic mass is 9.86. The topological polar surface area (TPSA) is 124 Å². The van der Waals surface area contributed by atoms with E-state index >= 15 is 0 Å². The number of carbonyl (C=O) groups is 2. The van der Waals surface area contributed by atoms with Crippen molar-refractivity contribution in [2.45, 2.75) is 37.4 Å². The molecule has 0 radical (unpaired) electrons. The quantitative estimate of drug-likeness (QED) is 0.440. The Kier molecular flexibility index (Phi) is 5.51. The van der Waals surface area contributed by atoms with Crippen molar-refractivity contribution in [2.75, 3.05) is 6.61 Å². The molecule has 126 valence electrons. The molecular weight excluding hydrogens is 328 g/mol. The van der Waals surface area contributed by atoms with E-state index in [1.807, 2.05) is 0 Å². The van der Waals surface area contributed by atoms with Crippen molar-refractivity contribution in [1.29, 1.82) is 0 Å². The number of rotatable bonds is 4. The van der Waals surface area contributed by atoms with Crippen LogP contribution in [0.5, 0.6) is 0 Å². The number of aliphatic hydroxyl groups excluding tert-OH is 4. The van der Waals surface area contributed by atoms with Gasteiger partial charge in [-0.2, -0.15) is 0 Å². The Morgan fingerprint density at radius 1 is 1.13 bits per heavy atom. The van der Waals surface area contributed by atoms with Crippen LogP contribution in [0.3, 0.4) is 0 Å². The van der Waals surface area contributed by atoms with Crippen LogP contribution in [0.25, 0.3) is 0 Å². The molecule has 8 heteroatoms. The molecule has 23 heavy (non-hydrogen) atoms. The fourth-order valence-corrected chi connectivity index (χ4v) is 2.86. The molecule has 0 spiro atoms. The van der Waals surface area contributed by atoms with Crippen molar-refractivity contribution in [2.24, 2.45) is 0 Å². The molecule has 2 rings (SSSR count). The Bertz CT molecular complexity index is 584. The summed E-state index contributed by atoms with van der Waals surface area (Å²) in [5.74, 6) is -0.392. The van der Waals surface area contributed by atoms with Crippen LogP contribution in [0.1, 0.15) is 39.3 Å². The molecule has 0 aliphatic carbocycles. The second-order valence-corrected chi connectivity index (χ2v) is 5.69. The predicted molar refractivity (Wildman–Crippen MR) is 79.4 cm³/mol. The summed E-state index contributed by atoms with van der Waals surface area (Å²) in [6, 6.07) is 4.25. The van der Waals surface area contributed by atoms with E-state index in [0.29, 0.717) is 0 Å². The van der Waals surface area contributed by atoms with Crippen LogP contribution in [0.4, 0.5) is 0 Å². The Morgan fingerprint density at radius 3 is 2.26 bits per heavy atom. The summed E-state index contributed by atoms with van der Waals surface area (Å²) in [5, 5.41) is 38.3. The van der Waals surface area contributed by atoms with Gasteiger partial charge in [0.1, 0.15) is 30.5 Å². The maximum atomic E-state index is 11.8. The van der Waals surface area contributed by atoms with Crippen molar-refractivity contribution in [1.82, 2.24) is 0 Å². The summed E-state index contributed by atoms with van der Waals surface area (Å²) in [5.41, 5.74) is 0.0708. The Hall–Kier alpha value is -1.35. The van der Waals surface area contributed by atoms with E-state index < -0.39 is 48.2 Å². The average Bonchev–Trinajstić information content (AvgIpc) is 2.52. The van der Waals surface area contributed by atoms with E-state index in [2.05, 4.69) is 0 Å². The summed E-state index contributed by atoms with van der Waals surface area (Å²) < 4.78 is 5.43. The third-order valence-corrected chi connectivity index (χ3v) is 4.08. The van der Waals surface area contributed by atoms with Gasteiger partial charge in [-0.05, 0) is 24.6 Å². The van der Waals surface area contributed by atoms with Gasteiger partial charge in [-0.3, -0.25) is 9.59 Å². The maximum absolute atomic E-state index is 11.8. The van der Waals surface area contributed by atoms with Crippen molar-refractivity contribution in [3.8, 4) is 0 Å². The third-order valence-electron chi connectivity index (χ3n) is 3.87. The van der Waals surface area contributed by atoms with Gasteiger partial charge in [-0.25, -0.2) is 0 Å². The van der Waals surface area contributed by atoms with E-state index in [1.54, 1.807) is 0 Å². The molecule has 0 bridgehead atoms. The number of Topliss-reactive ketones (excluding diaryl/α,β-unsaturated/α-hetero) is 1. The molecule has 1 fully saturated rings. The van der Waals surface area contributed by atoms with Gasteiger partial charge in [-0.1, -0.05) is 12.1 Å². The highest BCUT2D eigenvalue weighted by molar-refractivity contribution is 6.68. The lowest BCUT2D eigenvalue weighted by Crippen LogP contribution is -2.55. The molecule has 1 aliphatic heterocycles. The second kappa shape index (κ2) is 7.04. The number of benzene rings is 1. The Balaban J connectivity index is 2.59. The molecule has 0 saturated carbocycles. The van der Waals surface area contributed by atoms with Gasteiger partial charge >= 0.3 is 0 Å². The highest BCUT2D eigenvalue weighted by Gasteiger charge is 2.45. The van der Waals surface area contributed by atoms with Gasteiger partial charge < -0.3 is 25.2 Å². The minimum absolute atomic E-state index is 0.0249. The number of aliphatic hydroxyl groups is 4. The first-order valence-corrected chi connectivity index (χ1v) is 7.31. The Morgan fingerprint density at radius 2 is 1.74 bits per heavy atom. The van der Waals surface area contributed by atoms with Gasteiger partial charge in [0.05, 0.1) is 6.61 Å². The van der Waals surface area contributed by atoms with Gasteiger partial charge in [0, 0.05) is 16.7 Å². The summed E-state index contributed by atoms with van der Waals surface area (Å²) in [4.78, 5) is 23.5. The minimum Gasteiger partial charge on any atom is -0.394 e. The van der Waals surface area contributed by atoms with E-state index in [1.165, 1.54) is 25.1 Å². The first-order chi connectivity index (χ1) is 10.8. The van der Waals surface area contributed by atoms with Gasteiger partial charge in [0.15, 0.2) is 5.78 Å². The summed E-state index contributed by atoms with van der Waals surface area (Å²) in [7, 11) is 0. The van der Waals surface area contributed by atoms with E-state index in [9.17, 15) is 30.0 Å². The van der Waals surface area contributed by atoms with Crippen molar-refractivity contribution in [3.05, 3.63) is 34.9 Å². The summed E-state index contributed by atoms with van der Waals surface area (Å²) in [6.07, 6.45) is -7.22. The smallest absolute Gasteiger partial charge is 0.252 e. The van der Waals surface area contributed by atoms with Gasteiger partial charge in [0.2, 0.25) is 0 Å². The molecule has 1 aliphatic rings. The molecule has 1 aromatic rings. The number of ketones is 1. The van der Waals surface area contributed by atoms with E-state index in [4.69, 9.17) is 16.3 Å². The number of hydrogen-bond acceptors (Lipinski definition) is 7. The first-order valence-electron chi connectivity index (χ1n) is 6.93. The molecule has 0 aromatic heterocycles. The largest absolute Gasteiger partial charge is 0.394 e. The fraction of sp³-hybridized carbons (Fsp3) is 0.467. The molecule has 5 atom stereocenters. The molecular formula is C15H17ClO7. The Labute approximate surface area is 137 Å². The SMILES string of the molecule is CC(=O)c1cccc(C(=O)Cl)c1C1O[C@H](CO)[C@@H](O)[C@H](O)[C@H]1O. The highest BCUT2D eigenvalue weighted by atomic mass is 35.5. The fourth-order valence-electron chi connectivity index (χ4n) is 2.69. The van der Waals surface area contributed by atoms with Crippen LogP contribution in [0.15, 0.2) is 18.2 Å². The van der Waals surface area contributed by atoms with Crippen molar-refractivity contribution in [3.63, 3.8) is 0 Å². The zero-order valence-electron chi connectivity index (χ0n) is 12.2.